The predicted octanol–water partition coefficient (Wildman–Crippen LogP) is 3.15. The summed E-state index contributed by atoms with van der Waals surface area (Å²) >= 11 is 13.3. The predicted molar refractivity (Wildman–Crippen MR) is 115 cm³/mol. The van der Waals surface area contributed by atoms with Crippen LogP contribution in [0.3, 0.4) is 0 Å². The number of halogens is 2. The Morgan fingerprint density at radius 1 is 1.21 bits per heavy atom. The van der Waals surface area contributed by atoms with Crippen molar-refractivity contribution >= 4 is 50.9 Å². The van der Waals surface area contributed by atoms with Gasteiger partial charge in [0.15, 0.2) is 0 Å². The highest BCUT2D eigenvalue weighted by atomic mass is 35.5. The lowest BCUT2D eigenvalue weighted by Gasteiger charge is -2.18. The summed E-state index contributed by atoms with van der Waals surface area (Å²) in [5.74, 6) is 0.246. The fourth-order valence-corrected chi connectivity index (χ4v) is 4.45. The van der Waals surface area contributed by atoms with Crippen molar-refractivity contribution in [1.29, 1.82) is 0 Å². The van der Waals surface area contributed by atoms with Gasteiger partial charge in [-0.1, -0.05) is 29.3 Å². The minimum atomic E-state index is -3.93. The van der Waals surface area contributed by atoms with Gasteiger partial charge in [-0.05, 0) is 48.8 Å². The number of thioether (sulfide) groups is 1. The topological polar surface area (TPSA) is 88.2 Å². The number of hydrogen-bond donors (Lipinski definition) is 2. The van der Waals surface area contributed by atoms with Crippen molar-refractivity contribution < 1.29 is 13.2 Å². The van der Waals surface area contributed by atoms with Gasteiger partial charge in [-0.2, -0.15) is 16.5 Å². The Hall–Kier alpha value is -1.32. The Morgan fingerprint density at radius 2 is 2.00 bits per heavy atom. The van der Waals surface area contributed by atoms with Gasteiger partial charge in [0, 0.05) is 24.9 Å². The number of hydrogen-bond acceptors (Lipinski definition) is 5. The fraction of sp³-hybridized carbons (Fsp3) is 0.333. The third-order valence-electron chi connectivity index (χ3n) is 3.83. The highest BCUT2D eigenvalue weighted by molar-refractivity contribution is 7.98. The van der Waals surface area contributed by atoms with Crippen LogP contribution in [0, 0.1) is 0 Å². The molecule has 0 saturated carbocycles. The van der Waals surface area contributed by atoms with E-state index in [9.17, 15) is 13.2 Å². The standard InChI is InChI=1S/C18H21Cl2N3O3S2/c1-27-11-8-17(18(24)22-10-7-13-4-2-3-9-21-13)23-28(25,26)14-5-6-15(19)16(20)12-14/h2-6,9,12,17,23H,7-8,10-11H2,1H3,(H,22,24)/t17-/m1/s1. The average Bonchev–Trinajstić information content (AvgIpc) is 2.67. The zero-order valence-corrected chi connectivity index (χ0v) is 18.3. The lowest BCUT2D eigenvalue weighted by molar-refractivity contribution is -0.122. The van der Waals surface area contributed by atoms with E-state index >= 15 is 0 Å². The Labute approximate surface area is 179 Å². The van der Waals surface area contributed by atoms with Crippen LogP contribution >= 0.6 is 35.0 Å². The highest BCUT2D eigenvalue weighted by Crippen LogP contribution is 2.25. The Balaban J connectivity index is 2.04. The quantitative estimate of drug-likeness (QED) is 0.567. The molecular formula is C18H21Cl2N3O3S2. The summed E-state index contributed by atoms with van der Waals surface area (Å²) in [6.07, 6.45) is 4.49. The van der Waals surface area contributed by atoms with Crippen molar-refractivity contribution in [2.75, 3.05) is 18.6 Å². The number of sulfonamides is 1. The third-order valence-corrected chi connectivity index (χ3v) is 6.68. The summed E-state index contributed by atoms with van der Waals surface area (Å²) in [5, 5.41) is 3.16. The van der Waals surface area contributed by atoms with Crippen LogP contribution in [0.2, 0.25) is 10.0 Å². The summed E-state index contributed by atoms with van der Waals surface area (Å²) in [6, 6.07) is 8.68. The molecule has 6 nitrogen and oxygen atoms in total. The maximum atomic E-state index is 12.7. The molecule has 2 aromatic rings. The first kappa shape index (κ1) is 23.0. The van der Waals surface area contributed by atoms with Crippen LogP contribution < -0.4 is 10.0 Å². The van der Waals surface area contributed by atoms with E-state index in [2.05, 4.69) is 15.0 Å². The van der Waals surface area contributed by atoms with Gasteiger partial charge in [-0.15, -0.1) is 0 Å². The number of benzene rings is 1. The van der Waals surface area contributed by atoms with Crippen molar-refractivity contribution in [3.05, 3.63) is 58.3 Å². The molecule has 10 heteroatoms. The number of amides is 1. The smallest absolute Gasteiger partial charge is 0.241 e. The second-order valence-electron chi connectivity index (χ2n) is 5.89. The summed E-state index contributed by atoms with van der Waals surface area (Å²) in [6.45, 7) is 0.361. The van der Waals surface area contributed by atoms with Crippen LogP contribution in [0.1, 0.15) is 12.1 Å². The van der Waals surface area contributed by atoms with Crippen LogP contribution in [0.15, 0.2) is 47.5 Å². The van der Waals surface area contributed by atoms with Crippen molar-refractivity contribution in [3.8, 4) is 0 Å². The zero-order valence-electron chi connectivity index (χ0n) is 15.2. The molecule has 0 aliphatic rings. The van der Waals surface area contributed by atoms with Crippen LogP contribution in [0.5, 0.6) is 0 Å². The van der Waals surface area contributed by atoms with Gasteiger partial charge in [0.2, 0.25) is 15.9 Å². The molecule has 0 aliphatic heterocycles. The largest absolute Gasteiger partial charge is 0.354 e. The molecule has 0 fully saturated rings. The number of pyridine rings is 1. The van der Waals surface area contributed by atoms with Crippen molar-refractivity contribution in [2.45, 2.75) is 23.8 Å². The van der Waals surface area contributed by atoms with E-state index in [1.165, 1.54) is 30.0 Å². The second-order valence-corrected chi connectivity index (χ2v) is 9.41. The molecular weight excluding hydrogens is 441 g/mol. The van der Waals surface area contributed by atoms with E-state index in [4.69, 9.17) is 23.2 Å². The van der Waals surface area contributed by atoms with E-state index in [1.807, 2.05) is 24.5 Å². The fourth-order valence-electron chi connectivity index (χ4n) is 2.36. The summed E-state index contributed by atoms with van der Waals surface area (Å²) in [7, 11) is -3.93. The zero-order chi connectivity index (χ0) is 20.6. The molecule has 0 bridgehead atoms. The summed E-state index contributed by atoms with van der Waals surface area (Å²) < 4.78 is 27.8. The molecule has 2 rings (SSSR count). The van der Waals surface area contributed by atoms with Crippen LogP contribution in [-0.2, 0) is 21.2 Å². The highest BCUT2D eigenvalue weighted by Gasteiger charge is 2.25. The number of carbonyl (C=O) groups is 1. The van der Waals surface area contributed by atoms with Crippen molar-refractivity contribution in [1.82, 2.24) is 15.0 Å². The lowest BCUT2D eigenvalue weighted by atomic mass is 10.2. The summed E-state index contributed by atoms with van der Waals surface area (Å²) in [4.78, 5) is 16.7. The van der Waals surface area contributed by atoms with Gasteiger partial charge in [0.25, 0.3) is 0 Å². The minimum absolute atomic E-state index is 0.0441. The molecule has 2 N–H and O–H groups in total. The van der Waals surface area contributed by atoms with Gasteiger partial charge >= 0.3 is 0 Å². The van der Waals surface area contributed by atoms with Gasteiger partial charge in [-0.3, -0.25) is 9.78 Å². The Kier molecular flexibility index (Phi) is 9.04. The van der Waals surface area contributed by atoms with E-state index in [1.54, 1.807) is 6.20 Å². The number of rotatable bonds is 10. The molecule has 0 unspecified atom stereocenters. The van der Waals surface area contributed by atoms with Crippen LogP contribution in [-0.4, -0.2) is 43.9 Å². The average molecular weight is 462 g/mol. The second kappa shape index (κ2) is 11.0. The molecule has 1 heterocycles. The first-order chi connectivity index (χ1) is 13.3. The number of aromatic nitrogens is 1. The van der Waals surface area contributed by atoms with E-state index in [-0.39, 0.29) is 20.8 Å². The van der Waals surface area contributed by atoms with Crippen molar-refractivity contribution in [3.63, 3.8) is 0 Å². The van der Waals surface area contributed by atoms with Gasteiger partial charge in [0.05, 0.1) is 14.9 Å². The molecule has 0 saturated heterocycles. The molecule has 28 heavy (non-hydrogen) atoms. The van der Waals surface area contributed by atoms with E-state index < -0.39 is 16.1 Å². The van der Waals surface area contributed by atoms with Crippen LogP contribution in [0.25, 0.3) is 0 Å². The summed E-state index contributed by atoms with van der Waals surface area (Å²) in [5.41, 5.74) is 0.847. The molecule has 152 valence electrons. The molecule has 1 amide bonds. The third kappa shape index (κ3) is 6.93. The molecule has 1 atom stereocenters. The first-order valence-corrected chi connectivity index (χ1v) is 12.1. The normalized spacial score (nSPS) is 12.5. The molecule has 0 radical (unpaired) electrons. The molecule has 0 aliphatic carbocycles. The molecule has 1 aromatic carbocycles. The number of carbonyl (C=O) groups excluding carboxylic acids is 1. The van der Waals surface area contributed by atoms with Gasteiger partial charge in [-0.25, -0.2) is 8.42 Å². The Morgan fingerprint density at radius 3 is 2.64 bits per heavy atom. The van der Waals surface area contributed by atoms with E-state index in [0.717, 1.165) is 5.69 Å². The first-order valence-electron chi connectivity index (χ1n) is 8.47. The van der Waals surface area contributed by atoms with Crippen molar-refractivity contribution in [2.24, 2.45) is 0 Å². The van der Waals surface area contributed by atoms with Gasteiger partial charge < -0.3 is 5.32 Å². The Bertz CT molecular complexity index is 896. The van der Waals surface area contributed by atoms with E-state index in [0.29, 0.717) is 25.1 Å². The SMILES string of the molecule is CSCC[C@@H](NS(=O)(=O)c1ccc(Cl)c(Cl)c1)C(=O)NCCc1ccccn1. The maximum absolute atomic E-state index is 12.7. The van der Waals surface area contributed by atoms with Crippen LogP contribution in [0.4, 0.5) is 0 Å². The monoisotopic (exact) mass is 461 g/mol. The minimum Gasteiger partial charge on any atom is -0.354 e. The number of nitrogens with zero attached hydrogens (tertiary/aromatic N) is 1. The lowest BCUT2D eigenvalue weighted by Crippen LogP contribution is -2.47. The molecule has 0 spiro atoms. The van der Waals surface area contributed by atoms with Gasteiger partial charge in [0.1, 0.15) is 6.04 Å². The maximum Gasteiger partial charge on any atom is 0.241 e. The molecule has 1 aromatic heterocycles. The number of nitrogens with one attached hydrogen (secondary N) is 2.